The molecule has 0 spiro atoms. The number of nitrogens with zero attached hydrogens (tertiary/aromatic N) is 1. The number of rotatable bonds is 5. The molecule has 2 aromatic carbocycles. The van der Waals surface area contributed by atoms with Crippen LogP contribution in [0.4, 0.5) is 24.5 Å². The van der Waals surface area contributed by atoms with E-state index in [1.807, 2.05) is 11.4 Å². The van der Waals surface area contributed by atoms with Crippen LogP contribution in [0.5, 0.6) is 0 Å². The summed E-state index contributed by atoms with van der Waals surface area (Å²) in [5.74, 6) is -1.82. The number of hydrogen-bond acceptors (Lipinski definition) is 5. The Bertz CT molecular complexity index is 953. The first-order valence-electron chi connectivity index (χ1n) is 8.34. The highest BCUT2D eigenvalue weighted by molar-refractivity contribution is 5.98. The van der Waals surface area contributed by atoms with Crippen molar-refractivity contribution in [1.82, 2.24) is 0 Å². The second kappa shape index (κ2) is 8.29. The Labute approximate surface area is 163 Å². The Morgan fingerprint density at radius 2 is 1.69 bits per heavy atom. The first-order valence-corrected chi connectivity index (χ1v) is 8.34. The van der Waals surface area contributed by atoms with Crippen LogP contribution in [0.15, 0.2) is 36.4 Å². The fourth-order valence-electron chi connectivity index (χ4n) is 2.60. The van der Waals surface area contributed by atoms with Crippen molar-refractivity contribution in [2.45, 2.75) is 33.1 Å². The number of alkyl halides is 3. The number of nitrogens with one attached hydrogen (secondary N) is 1. The summed E-state index contributed by atoms with van der Waals surface area (Å²) in [5.41, 5.74) is -1.03. The molecule has 1 atom stereocenters. The van der Waals surface area contributed by atoms with Gasteiger partial charge in [0.1, 0.15) is 0 Å². The number of nitro groups is 1. The summed E-state index contributed by atoms with van der Waals surface area (Å²) in [4.78, 5) is 34.2. The van der Waals surface area contributed by atoms with Gasteiger partial charge in [-0.05, 0) is 39.0 Å². The Hall–Kier alpha value is -3.43. The van der Waals surface area contributed by atoms with Gasteiger partial charge in [0.15, 0.2) is 6.10 Å². The lowest BCUT2D eigenvalue weighted by atomic mass is 10.1. The van der Waals surface area contributed by atoms with Gasteiger partial charge >= 0.3 is 12.1 Å². The van der Waals surface area contributed by atoms with E-state index in [0.29, 0.717) is 6.07 Å². The number of carbonyl (C=O) groups is 2. The second-order valence-corrected chi connectivity index (χ2v) is 6.40. The van der Waals surface area contributed by atoms with Crippen LogP contribution in [0.25, 0.3) is 0 Å². The SMILES string of the molecule is Cc1cc(C)cc(C(=O)O[C@H](C)C(=O)Nc2ccc([N+](=O)[O-])cc2C(F)(F)F)c1. The van der Waals surface area contributed by atoms with E-state index in [0.717, 1.165) is 23.3 Å². The summed E-state index contributed by atoms with van der Waals surface area (Å²) in [6.07, 6.45) is -6.34. The summed E-state index contributed by atoms with van der Waals surface area (Å²) >= 11 is 0. The number of amides is 1. The number of aryl methyl sites for hydroxylation is 2. The smallest absolute Gasteiger partial charge is 0.418 e. The standard InChI is InChI=1S/C19H17F3N2O5/c1-10-6-11(2)8-13(7-10)18(26)29-12(3)17(25)23-16-5-4-14(24(27)28)9-15(16)19(20,21)22/h4-9,12H,1-3H3,(H,23,25)/t12-/m1/s1. The molecule has 154 valence electrons. The molecule has 2 aromatic rings. The van der Waals surface area contributed by atoms with E-state index in [1.165, 1.54) is 6.92 Å². The third-order valence-corrected chi connectivity index (χ3v) is 3.89. The zero-order valence-corrected chi connectivity index (χ0v) is 15.7. The number of carbonyl (C=O) groups excluding carboxylic acids is 2. The molecule has 2 rings (SSSR count). The van der Waals surface area contributed by atoms with Crippen molar-refractivity contribution in [1.29, 1.82) is 0 Å². The average molecular weight is 410 g/mol. The van der Waals surface area contributed by atoms with Gasteiger partial charge in [0.25, 0.3) is 11.6 Å². The van der Waals surface area contributed by atoms with Crippen molar-refractivity contribution in [3.05, 3.63) is 68.8 Å². The summed E-state index contributed by atoms with van der Waals surface area (Å²) in [7, 11) is 0. The fraction of sp³-hybridized carbons (Fsp3) is 0.263. The molecule has 0 aliphatic carbocycles. The Balaban J connectivity index is 2.19. The van der Waals surface area contributed by atoms with Crippen LogP contribution >= 0.6 is 0 Å². The van der Waals surface area contributed by atoms with E-state index in [4.69, 9.17) is 4.74 Å². The minimum atomic E-state index is -4.94. The predicted octanol–water partition coefficient (Wildman–Crippen LogP) is 4.41. The summed E-state index contributed by atoms with van der Waals surface area (Å²) in [6, 6.07) is 6.87. The molecule has 0 bridgehead atoms. The van der Waals surface area contributed by atoms with Gasteiger partial charge < -0.3 is 10.1 Å². The molecule has 0 saturated carbocycles. The van der Waals surface area contributed by atoms with E-state index < -0.39 is 46.0 Å². The van der Waals surface area contributed by atoms with Crippen molar-refractivity contribution < 1.29 is 32.4 Å². The number of anilines is 1. The predicted molar refractivity (Wildman–Crippen MR) is 97.5 cm³/mol. The number of non-ortho nitro benzene ring substituents is 1. The average Bonchev–Trinajstić information content (AvgIpc) is 2.59. The molecule has 29 heavy (non-hydrogen) atoms. The number of ether oxygens (including phenoxy) is 1. The lowest BCUT2D eigenvalue weighted by molar-refractivity contribution is -0.385. The van der Waals surface area contributed by atoms with Crippen LogP contribution in [0.3, 0.4) is 0 Å². The molecule has 0 radical (unpaired) electrons. The Morgan fingerprint density at radius 3 is 2.21 bits per heavy atom. The van der Waals surface area contributed by atoms with E-state index >= 15 is 0 Å². The highest BCUT2D eigenvalue weighted by Gasteiger charge is 2.36. The van der Waals surface area contributed by atoms with Gasteiger partial charge in [-0.1, -0.05) is 17.2 Å². The molecule has 0 saturated heterocycles. The molecule has 0 unspecified atom stereocenters. The van der Waals surface area contributed by atoms with Crippen LogP contribution in [0.1, 0.15) is 34.0 Å². The molecule has 10 heteroatoms. The van der Waals surface area contributed by atoms with Crippen LogP contribution in [0, 0.1) is 24.0 Å². The maximum absolute atomic E-state index is 13.2. The molecule has 0 aromatic heterocycles. The molecular formula is C19H17F3N2O5. The molecule has 0 aliphatic rings. The second-order valence-electron chi connectivity index (χ2n) is 6.40. The van der Waals surface area contributed by atoms with Crippen LogP contribution in [0.2, 0.25) is 0 Å². The number of halogens is 3. The lowest BCUT2D eigenvalue weighted by Gasteiger charge is -2.17. The number of esters is 1. The van der Waals surface area contributed by atoms with Crippen molar-refractivity contribution in [3.63, 3.8) is 0 Å². The minimum Gasteiger partial charge on any atom is -0.449 e. The van der Waals surface area contributed by atoms with Gasteiger partial charge in [0.2, 0.25) is 0 Å². The van der Waals surface area contributed by atoms with E-state index in [9.17, 15) is 32.9 Å². The van der Waals surface area contributed by atoms with Crippen molar-refractivity contribution >= 4 is 23.3 Å². The molecular weight excluding hydrogens is 393 g/mol. The van der Waals surface area contributed by atoms with E-state index in [2.05, 4.69) is 0 Å². The van der Waals surface area contributed by atoms with Crippen LogP contribution in [-0.4, -0.2) is 22.9 Å². The van der Waals surface area contributed by atoms with Gasteiger partial charge in [-0.25, -0.2) is 4.79 Å². The van der Waals surface area contributed by atoms with E-state index in [1.54, 1.807) is 26.0 Å². The maximum Gasteiger partial charge on any atom is 0.418 e. The first-order chi connectivity index (χ1) is 13.4. The quantitative estimate of drug-likeness (QED) is 0.447. The molecule has 1 amide bonds. The van der Waals surface area contributed by atoms with Gasteiger partial charge in [-0.15, -0.1) is 0 Å². The molecule has 0 heterocycles. The third-order valence-electron chi connectivity index (χ3n) is 3.89. The van der Waals surface area contributed by atoms with E-state index in [-0.39, 0.29) is 5.56 Å². The number of hydrogen-bond donors (Lipinski definition) is 1. The minimum absolute atomic E-state index is 0.202. The van der Waals surface area contributed by atoms with Crippen LogP contribution in [-0.2, 0) is 15.7 Å². The highest BCUT2D eigenvalue weighted by Crippen LogP contribution is 2.37. The zero-order chi connectivity index (χ0) is 21.9. The van der Waals surface area contributed by atoms with Crippen molar-refractivity contribution in [3.8, 4) is 0 Å². The van der Waals surface area contributed by atoms with Gasteiger partial charge in [-0.3, -0.25) is 14.9 Å². The number of benzene rings is 2. The molecule has 7 nitrogen and oxygen atoms in total. The molecule has 0 aliphatic heterocycles. The summed E-state index contributed by atoms with van der Waals surface area (Å²) in [6.45, 7) is 4.74. The zero-order valence-electron chi connectivity index (χ0n) is 15.7. The van der Waals surface area contributed by atoms with Crippen molar-refractivity contribution in [2.24, 2.45) is 0 Å². The normalized spacial score (nSPS) is 12.2. The molecule has 1 N–H and O–H groups in total. The third kappa shape index (κ3) is 5.53. The largest absolute Gasteiger partial charge is 0.449 e. The van der Waals surface area contributed by atoms with Gasteiger partial charge in [0, 0.05) is 12.1 Å². The maximum atomic E-state index is 13.2. The lowest BCUT2D eigenvalue weighted by Crippen LogP contribution is -2.30. The highest BCUT2D eigenvalue weighted by atomic mass is 19.4. The van der Waals surface area contributed by atoms with Gasteiger partial charge in [0.05, 0.1) is 21.7 Å². The molecule has 0 fully saturated rings. The first kappa shape index (κ1) is 21.9. The Kier molecular flexibility index (Phi) is 6.25. The summed E-state index contributed by atoms with van der Waals surface area (Å²) < 4.78 is 44.6. The number of nitro benzene ring substituents is 1. The van der Waals surface area contributed by atoms with Crippen LogP contribution < -0.4 is 5.32 Å². The topological polar surface area (TPSA) is 98.5 Å². The summed E-state index contributed by atoms with van der Waals surface area (Å²) in [5, 5.41) is 12.7. The van der Waals surface area contributed by atoms with Crippen molar-refractivity contribution in [2.75, 3.05) is 5.32 Å². The fourth-order valence-corrected chi connectivity index (χ4v) is 2.60. The Morgan fingerprint density at radius 1 is 1.10 bits per heavy atom. The van der Waals surface area contributed by atoms with Gasteiger partial charge in [-0.2, -0.15) is 13.2 Å². The monoisotopic (exact) mass is 410 g/mol.